The molecule has 0 spiro atoms. The Kier molecular flexibility index (Phi) is 21.9. The van der Waals surface area contributed by atoms with Gasteiger partial charge in [0.15, 0.2) is 5.78 Å². The van der Waals surface area contributed by atoms with Crippen LogP contribution in [0.15, 0.2) is 458 Å². The minimum absolute atomic E-state index is 0.149. The van der Waals surface area contributed by atoms with Gasteiger partial charge in [-0.25, -0.2) is 0 Å². The fourth-order valence-corrected chi connectivity index (χ4v) is 23.5. The quantitative estimate of drug-likeness (QED) is 0.151. The van der Waals surface area contributed by atoms with Crippen molar-refractivity contribution < 1.29 is 9.21 Å². The average molecular weight is 1750 g/mol. The van der Waals surface area contributed by atoms with Crippen LogP contribution in [0.25, 0.3) is 138 Å². The summed E-state index contributed by atoms with van der Waals surface area (Å²) in [6.07, 6.45) is 18.5. The summed E-state index contributed by atoms with van der Waals surface area (Å²) >= 11 is 1.85. The highest BCUT2D eigenvalue weighted by molar-refractivity contribution is 7.13. The van der Waals surface area contributed by atoms with E-state index in [9.17, 15) is 4.79 Å². The number of ketones is 1. The molecule has 2 nitrogen and oxygen atoms in total. The second kappa shape index (κ2) is 36.0. The van der Waals surface area contributed by atoms with Gasteiger partial charge in [0.25, 0.3) is 0 Å². The number of fused-ring (bicyclic) bond motifs is 35. The second-order valence-corrected chi connectivity index (χ2v) is 37.6. The fourth-order valence-electron chi connectivity index (χ4n) is 22.5. The van der Waals surface area contributed by atoms with Gasteiger partial charge in [-0.2, -0.15) is 0 Å². The number of allylic oxidation sites excluding steroid dienone is 4. The van der Waals surface area contributed by atoms with Crippen molar-refractivity contribution in [3.8, 4) is 99.7 Å². The minimum atomic E-state index is 0.149. The Hall–Kier alpha value is -15.9. The lowest BCUT2D eigenvalue weighted by Gasteiger charge is -2.19. The number of hydrogen-bond acceptors (Lipinski definition) is 3. The van der Waals surface area contributed by atoms with Gasteiger partial charge >= 0.3 is 0 Å². The van der Waals surface area contributed by atoms with Crippen molar-refractivity contribution in [3.05, 3.63) is 565 Å². The Labute approximate surface area is 793 Å². The molecule has 0 unspecified atom stereocenters. The zero-order chi connectivity index (χ0) is 89.7. The molecule has 0 bridgehead atoms. The van der Waals surface area contributed by atoms with Crippen LogP contribution in [0.3, 0.4) is 0 Å². The maximum atomic E-state index is 11.9. The molecule has 11 aliphatic rings. The summed E-state index contributed by atoms with van der Waals surface area (Å²) in [5.41, 5.74) is 53.1. The lowest BCUT2D eigenvalue weighted by atomic mass is 9.86. The van der Waals surface area contributed by atoms with Gasteiger partial charge in [-0.05, 0) is 315 Å². The molecular weight excluding hydrogens is 1650 g/mol. The van der Waals surface area contributed by atoms with Crippen molar-refractivity contribution in [2.24, 2.45) is 0 Å². The molecule has 0 saturated carbocycles. The van der Waals surface area contributed by atoms with Gasteiger partial charge in [-0.3, -0.25) is 4.79 Å². The zero-order valence-electron chi connectivity index (χ0n) is 75.2. The van der Waals surface area contributed by atoms with E-state index in [1.165, 1.54) is 234 Å². The maximum Gasteiger partial charge on any atom is 0.194 e. The molecule has 0 radical (unpaired) electrons. The van der Waals surface area contributed by atoms with Gasteiger partial charge in [0, 0.05) is 33.6 Å². The van der Waals surface area contributed by atoms with E-state index < -0.39 is 0 Å². The van der Waals surface area contributed by atoms with Crippen LogP contribution >= 0.6 is 11.3 Å². The van der Waals surface area contributed by atoms with E-state index in [1.54, 1.807) is 11.8 Å². The molecule has 0 atom stereocenters. The maximum absolute atomic E-state index is 11.9. The highest BCUT2D eigenvalue weighted by atomic mass is 32.1. The van der Waals surface area contributed by atoms with Crippen LogP contribution in [-0.2, 0) is 64.2 Å². The molecule has 0 fully saturated rings. The van der Waals surface area contributed by atoms with Gasteiger partial charge < -0.3 is 4.42 Å². The fraction of sp³-hybridized carbons (Fsp3) is 0.0833. The monoisotopic (exact) mass is 1740 g/mol. The zero-order valence-corrected chi connectivity index (χ0v) is 76.0. The molecule has 19 aromatic carbocycles. The molecule has 2 heterocycles. The highest BCUT2D eigenvalue weighted by Gasteiger charge is 2.30. The predicted octanol–water partition coefficient (Wildman–Crippen LogP) is 33.5. The first-order chi connectivity index (χ1) is 66.9. The van der Waals surface area contributed by atoms with Crippen molar-refractivity contribution in [1.82, 2.24) is 0 Å². The van der Waals surface area contributed by atoms with Gasteiger partial charge in [-0.15, -0.1) is 11.3 Å². The summed E-state index contributed by atoms with van der Waals surface area (Å²) < 4.78 is 5.40. The van der Waals surface area contributed by atoms with Gasteiger partial charge in [0.05, 0.1) is 6.26 Å². The molecule has 2 aromatic heterocycles. The van der Waals surface area contributed by atoms with Gasteiger partial charge in [0.1, 0.15) is 5.76 Å². The molecule has 642 valence electrons. The van der Waals surface area contributed by atoms with Crippen LogP contribution in [-0.4, -0.2) is 5.78 Å². The summed E-state index contributed by atoms with van der Waals surface area (Å²) in [6.45, 7) is 0. The summed E-state index contributed by atoms with van der Waals surface area (Å²) in [5, 5.41) is 10.3. The Balaban J connectivity index is 0.0000000838. The first kappa shape index (κ1) is 82.3. The Morgan fingerprint density at radius 1 is 0.215 bits per heavy atom. The molecule has 21 aromatic rings. The van der Waals surface area contributed by atoms with Crippen LogP contribution < -0.4 is 0 Å². The molecule has 0 saturated heterocycles. The number of carbonyl (C=O) groups is 1. The number of carbonyl (C=O) groups excluding carboxylic acids is 1. The van der Waals surface area contributed by atoms with Crippen LogP contribution in [0.1, 0.15) is 122 Å². The molecule has 0 aliphatic heterocycles. The molecule has 11 aliphatic carbocycles. The smallest absolute Gasteiger partial charge is 0.194 e. The SMILES string of the molecule is C1=CC2=C(C1)c1ccccc1C2.O=C1c2ccccc2-c2ccccc21.c1ccc2c(c1)CCc1ccccc1-2.c1ccc2c(c1)Cc1cc3c(cc1-2)Cc1ccccc1-3.c1ccc2c(c1)Cc1ccc3ccccc3c1-2.c1ccc2c(c1)Cc1ccccc1-2.c1ccc2c(c1)Cc1ccoc1-2.c1ccc2c(c1)Cc1ccsc1-2.c1ccc2c3c(ccc2c1)Cc1ccc2ccccc2c1-3. The molecule has 3 heteroatoms. The lowest BCUT2D eigenvalue weighted by Crippen LogP contribution is -2.02. The van der Waals surface area contributed by atoms with Crippen molar-refractivity contribution >= 4 is 55.0 Å². The lowest BCUT2D eigenvalue weighted by molar-refractivity contribution is 0.104. The second-order valence-electron chi connectivity index (χ2n) is 36.7. The summed E-state index contributed by atoms with van der Waals surface area (Å²) in [4.78, 5) is 13.4. The first-order valence-corrected chi connectivity index (χ1v) is 48.5. The number of rotatable bonds is 0. The molecule has 32 rings (SSSR count). The van der Waals surface area contributed by atoms with Crippen LogP contribution in [0.4, 0.5) is 0 Å². The van der Waals surface area contributed by atoms with Gasteiger partial charge in [-0.1, -0.05) is 413 Å². The molecule has 0 amide bonds. The topological polar surface area (TPSA) is 30.2 Å². The van der Waals surface area contributed by atoms with Crippen LogP contribution in [0.5, 0.6) is 0 Å². The van der Waals surface area contributed by atoms with E-state index in [1.807, 2.05) is 59.9 Å². The predicted molar refractivity (Wildman–Crippen MR) is 564 cm³/mol. The van der Waals surface area contributed by atoms with E-state index >= 15 is 0 Å². The van der Waals surface area contributed by atoms with E-state index in [2.05, 4.69) is 394 Å². The van der Waals surface area contributed by atoms with E-state index in [0.717, 1.165) is 85.8 Å². The Bertz CT molecular complexity index is 7940. The van der Waals surface area contributed by atoms with Crippen molar-refractivity contribution in [2.75, 3.05) is 0 Å². The standard InChI is InChI=1S/C21H14.C20H14.C17H12.C14H12.C13H8O.C13H10.C12H10.C11H8O.C11H8S/c1-3-7-18-14(5-1)9-11-16-13-17-12-10-15-6-2-4-8-19(15)21(17)20(16)18;1-3-7-17-13(5-1)9-15-11-20-16(12-19(15)17)10-14-6-2-4-8-18(14)20;1-3-7-15-12(5-1)9-10-14-11-13-6-2-4-8-16(13)17(14)15;1-3-7-13-11(5-1)9-10-12-6-2-4-8-14(12)13;14-13-11-7-3-1-5-9(11)10-6-2-4-8-12(10)13;1-3-7-12-10(5-1)9-11-6-2-4-8-13(11)12;1-2-6-11-9(4-1)8-10-5-3-7-12(10)11;2*1-2-4-10-8(3-1)7-9-5-6-12-11(9)10/h1-12H,13H2;1-8,11-12H,9-10H2;1-10H,11H2;1-8H,9-10H2;1-8H;1-8H,9H2;1-6H,7-8H2;2*1-6H,7H2. The van der Waals surface area contributed by atoms with E-state index in [0.29, 0.717) is 0 Å². The van der Waals surface area contributed by atoms with Crippen LogP contribution in [0, 0.1) is 0 Å². The minimum Gasteiger partial charge on any atom is -0.464 e. The number of aryl methyl sites for hydroxylation is 2. The van der Waals surface area contributed by atoms with Crippen molar-refractivity contribution in [1.29, 1.82) is 0 Å². The third-order valence-corrected chi connectivity index (χ3v) is 29.9. The summed E-state index contributed by atoms with van der Waals surface area (Å²) in [5.74, 6) is 1.21. The molecular formula is C132H96O2S. The van der Waals surface area contributed by atoms with Gasteiger partial charge in [0.2, 0.25) is 0 Å². The number of hydrogen-bond donors (Lipinski definition) is 0. The van der Waals surface area contributed by atoms with Crippen molar-refractivity contribution in [3.63, 3.8) is 0 Å². The van der Waals surface area contributed by atoms with E-state index in [-0.39, 0.29) is 5.78 Å². The molecule has 135 heavy (non-hydrogen) atoms. The Morgan fingerprint density at radius 2 is 0.533 bits per heavy atom. The normalized spacial score (nSPS) is 13.3. The number of thiophene rings is 1. The third-order valence-electron chi connectivity index (χ3n) is 28.9. The number of benzene rings is 19. The Morgan fingerprint density at radius 3 is 1.02 bits per heavy atom. The number of furan rings is 1. The van der Waals surface area contributed by atoms with Crippen LogP contribution in [0.2, 0.25) is 0 Å². The largest absolute Gasteiger partial charge is 0.464 e. The summed E-state index contributed by atoms with van der Waals surface area (Å²) in [6, 6.07) is 151. The third kappa shape index (κ3) is 15.6. The molecule has 0 N–H and O–H groups in total. The average Bonchev–Trinajstić information content (AvgIpc) is 1.62. The van der Waals surface area contributed by atoms with E-state index in [4.69, 9.17) is 4.42 Å². The first-order valence-electron chi connectivity index (χ1n) is 47.6. The van der Waals surface area contributed by atoms with Crippen molar-refractivity contribution in [2.45, 2.75) is 70.6 Å². The summed E-state index contributed by atoms with van der Waals surface area (Å²) in [7, 11) is 0. The highest BCUT2D eigenvalue weighted by Crippen LogP contribution is 2.50.